The second kappa shape index (κ2) is 6.91. The second-order valence-electron chi connectivity index (χ2n) is 7.05. The molecule has 1 N–H and O–H groups in total. The maximum absolute atomic E-state index is 12.3. The van der Waals surface area contributed by atoms with Gasteiger partial charge in [0.2, 0.25) is 11.8 Å². The first-order chi connectivity index (χ1) is 11.5. The quantitative estimate of drug-likeness (QED) is 0.819. The molecule has 2 aliphatic rings. The first-order valence-corrected chi connectivity index (χ1v) is 8.86. The fraction of sp³-hybridized carbons (Fsp3) is 0.765. The maximum Gasteiger partial charge on any atom is 0.307 e. The van der Waals surface area contributed by atoms with E-state index in [0.29, 0.717) is 38.2 Å². The molecule has 24 heavy (non-hydrogen) atoms. The van der Waals surface area contributed by atoms with E-state index < -0.39 is 5.97 Å². The summed E-state index contributed by atoms with van der Waals surface area (Å²) in [6.07, 6.45) is 6.02. The number of piperidine rings is 1. The van der Waals surface area contributed by atoms with Gasteiger partial charge in [0.05, 0.1) is 5.92 Å². The van der Waals surface area contributed by atoms with Gasteiger partial charge in [-0.15, -0.1) is 0 Å². The number of aromatic nitrogens is 2. The molecule has 1 aromatic rings. The number of carboxylic acids is 1. The number of likely N-dealkylation sites (tertiary alicyclic amines) is 1. The lowest BCUT2D eigenvalue weighted by Crippen LogP contribution is -2.39. The van der Waals surface area contributed by atoms with Crippen LogP contribution in [-0.4, -0.2) is 45.1 Å². The van der Waals surface area contributed by atoms with Crippen molar-refractivity contribution in [2.24, 2.45) is 11.3 Å². The molecule has 7 nitrogen and oxygen atoms in total. The Morgan fingerprint density at radius 2 is 2.08 bits per heavy atom. The highest BCUT2D eigenvalue weighted by Gasteiger charge is 2.59. The molecule has 1 aromatic heterocycles. The molecule has 1 unspecified atom stereocenters. The van der Waals surface area contributed by atoms with Gasteiger partial charge in [0.25, 0.3) is 0 Å². The zero-order valence-corrected chi connectivity index (χ0v) is 14.2. The van der Waals surface area contributed by atoms with Gasteiger partial charge in [-0.2, -0.15) is 4.98 Å². The van der Waals surface area contributed by atoms with E-state index in [1.54, 1.807) is 0 Å². The van der Waals surface area contributed by atoms with E-state index in [1.165, 1.54) is 0 Å². The standard InChI is InChI=1S/C17H25N3O4/c1-2-4-13-18-14(24-19-13)5-3-6-15(21)20-9-7-17(8-10-20)11-12(17)16(22)23/h12H,2-11H2,1H3,(H,22,23). The molecule has 1 atom stereocenters. The number of aryl methyl sites for hydroxylation is 2. The van der Waals surface area contributed by atoms with E-state index in [1.807, 2.05) is 4.90 Å². The molecule has 0 radical (unpaired) electrons. The van der Waals surface area contributed by atoms with Crippen LogP contribution >= 0.6 is 0 Å². The number of carbonyl (C=O) groups excluding carboxylic acids is 1. The molecule has 2 heterocycles. The molecule has 1 spiro atoms. The van der Waals surface area contributed by atoms with Gasteiger partial charge in [0.1, 0.15) is 0 Å². The minimum Gasteiger partial charge on any atom is -0.481 e. The number of amides is 1. The van der Waals surface area contributed by atoms with E-state index in [-0.39, 0.29) is 17.2 Å². The van der Waals surface area contributed by atoms with Gasteiger partial charge in [-0.25, -0.2) is 0 Å². The van der Waals surface area contributed by atoms with Crippen molar-refractivity contribution >= 4 is 11.9 Å². The van der Waals surface area contributed by atoms with Crippen LogP contribution in [0.1, 0.15) is 57.2 Å². The van der Waals surface area contributed by atoms with Crippen LogP contribution in [0.3, 0.4) is 0 Å². The predicted octanol–water partition coefficient (Wildman–Crippen LogP) is 2.06. The van der Waals surface area contributed by atoms with E-state index in [4.69, 9.17) is 9.63 Å². The van der Waals surface area contributed by atoms with E-state index in [9.17, 15) is 9.59 Å². The molecule has 3 rings (SSSR count). The van der Waals surface area contributed by atoms with Crippen LogP contribution in [-0.2, 0) is 22.4 Å². The molecule has 1 aliphatic heterocycles. The van der Waals surface area contributed by atoms with Gasteiger partial charge in [0, 0.05) is 32.4 Å². The van der Waals surface area contributed by atoms with Gasteiger partial charge in [0.15, 0.2) is 5.82 Å². The molecule has 1 aliphatic carbocycles. The maximum atomic E-state index is 12.3. The van der Waals surface area contributed by atoms with Crippen LogP contribution in [0.2, 0.25) is 0 Å². The Balaban J connectivity index is 1.38. The first kappa shape index (κ1) is 16.9. The largest absolute Gasteiger partial charge is 0.481 e. The fourth-order valence-corrected chi connectivity index (χ4v) is 3.72. The summed E-state index contributed by atoms with van der Waals surface area (Å²) in [4.78, 5) is 29.5. The number of nitrogens with zero attached hydrogens (tertiary/aromatic N) is 3. The number of aliphatic carboxylic acids is 1. The Morgan fingerprint density at radius 3 is 2.71 bits per heavy atom. The van der Waals surface area contributed by atoms with Gasteiger partial charge < -0.3 is 14.5 Å². The number of carboxylic acid groups (broad SMARTS) is 1. The third-order valence-electron chi connectivity index (χ3n) is 5.36. The number of carbonyl (C=O) groups is 2. The Morgan fingerprint density at radius 1 is 1.33 bits per heavy atom. The third kappa shape index (κ3) is 3.60. The van der Waals surface area contributed by atoms with E-state index in [2.05, 4.69) is 17.1 Å². The summed E-state index contributed by atoms with van der Waals surface area (Å²) in [6.45, 7) is 3.44. The highest BCUT2D eigenvalue weighted by Crippen LogP contribution is 2.59. The SMILES string of the molecule is CCCc1noc(CCCC(=O)N2CCC3(CC2)CC3C(=O)O)n1. The van der Waals surface area contributed by atoms with Gasteiger partial charge in [-0.05, 0) is 37.5 Å². The topological polar surface area (TPSA) is 96.5 Å². The Hall–Kier alpha value is -1.92. The summed E-state index contributed by atoms with van der Waals surface area (Å²) < 4.78 is 5.17. The van der Waals surface area contributed by atoms with Gasteiger partial charge in [-0.1, -0.05) is 12.1 Å². The average Bonchev–Trinajstić information content (AvgIpc) is 3.08. The number of rotatable bonds is 7. The van der Waals surface area contributed by atoms with Crippen molar-refractivity contribution in [3.63, 3.8) is 0 Å². The van der Waals surface area contributed by atoms with Gasteiger partial charge >= 0.3 is 5.97 Å². The number of hydrogen-bond donors (Lipinski definition) is 1. The smallest absolute Gasteiger partial charge is 0.307 e. The molecule has 0 bridgehead atoms. The third-order valence-corrected chi connectivity index (χ3v) is 5.36. The average molecular weight is 335 g/mol. The molecule has 132 valence electrons. The van der Waals surface area contributed by atoms with Crippen molar-refractivity contribution in [3.05, 3.63) is 11.7 Å². The highest BCUT2D eigenvalue weighted by molar-refractivity contribution is 5.77. The Kier molecular flexibility index (Phi) is 4.87. The van der Waals surface area contributed by atoms with Gasteiger partial charge in [-0.3, -0.25) is 9.59 Å². The van der Waals surface area contributed by atoms with Crippen LogP contribution in [0.25, 0.3) is 0 Å². The Bertz CT molecular complexity index is 605. The molecule has 1 saturated heterocycles. The molecule has 2 fully saturated rings. The Labute approximate surface area is 141 Å². The lowest BCUT2D eigenvalue weighted by Gasteiger charge is -2.32. The molecular formula is C17H25N3O4. The van der Waals surface area contributed by atoms with Crippen molar-refractivity contribution < 1.29 is 19.2 Å². The molecule has 0 aromatic carbocycles. The van der Waals surface area contributed by atoms with Crippen LogP contribution in [0.5, 0.6) is 0 Å². The summed E-state index contributed by atoms with van der Waals surface area (Å²) in [5, 5.41) is 13.0. The van der Waals surface area contributed by atoms with Crippen molar-refractivity contribution in [1.29, 1.82) is 0 Å². The zero-order valence-electron chi connectivity index (χ0n) is 14.2. The molecule has 1 saturated carbocycles. The van der Waals surface area contributed by atoms with Crippen molar-refractivity contribution in [1.82, 2.24) is 15.0 Å². The van der Waals surface area contributed by atoms with E-state index in [0.717, 1.165) is 37.9 Å². The summed E-state index contributed by atoms with van der Waals surface area (Å²) in [7, 11) is 0. The molecule has 7 heteroatoms. The monoisotopic (exact) mass is 335 g/mol. The lowest BCUT2D eigenvalue weighted by molar-refractivity contribution is -0.139. The number of hydrogen-bond acceptors (Lipinski definition) is 5. The first-order valence-electron chi connectivity index (χ1n) is 8.86. The highest BCUT2D eigenvalue weighted by atomic mass is 16.5. The predicted molar refractivity (Wildman–Crippen MR) is 85.2 cm³/mol. The summed E-state index contributed by atoms with van der Waals surface area (Å²) in [6, 6.07) is 0. The normalized spacial score (nSPS) is 21.9. The van der Waals surface area contributed by atoms with Crippen LogP contribution in [0, 0.1) is 11.3 Å². The minimum atomic E-state index is -0.684. The van der Waals surface area contributed by atoms with Crippen LogP contribution in [0.4, 0.5) is 0 Å². The summed E-state index contributed by atoms with van der Waals surface area (Å²) >= 11 is 0. The lowest BCUT2D eigenvalue weighted by atomic mass is 9.90. The van der Waals surface area contributed by atoms with Crippen LogP contribution < -0.4 is 0 Å². The summed E-state index contributed by atoms with van der Waals surface area (Å²) in [5.74, 6) is 0.607. The fourth-order valence-electron chi connectivity index (χ4n) is 3.72. The van der Waals surface area contributed by atoms with Crippen molar-refractivity contribution in [2.75, 3.05) is 13.1 Å². The van der Waals surface area contributed by atoms with Crippen molar-refractivity contribution in [3.8, 4) is 0 Å². The summed E-state index contributed by atoms with van der Waals surface area (Å²) in [5.41, 5.74) is -0.0257. The zero-order chi connectivity index (χ0) is 17.2. The van der Waals surface area contributed by atoms with Crippen LogP contribution in [0.15, 0.2) is 4.52 Å². The minimum absolute atomic E-state index is 0.0257. The molecule has 1 amide bonds. The van der Waals surface area contributed by atoms with Crippen molar-refractivity contribution in [2.45, 2.75) is 58.3 Å². The second-order valence-corrected chi connectivity index (χ2v) is 7.05. The molecular weight excluding hydrogens is 310 g/mol. The van der Waals surface area contributed by atoms with E-state index >= 15 is 0 Å².